The molecule has 2 fully saturated rings. The Morgan fingerprint density at radius 2 is 1.78 bits per heavy atom. The van der Waals surface area contributed by atoms with Crippen molar-refractivity contribution < 1.29 is 24.1 Å². The minimum Gasteiger partial charge on any atom is -0.372 e. The molecule has 0 amide bonds. The molecule has 2 aliphatic rings. The number of rotatable bonds is 4. The van der Waals surface area contributed by atoms with E-state index in [0.717, 1.165) is 0 Å². The second-order valence-electron chi connectivity index (χ2n) is 5.87. The summed E-state index contributed by atoms with van der Waals surface area (Å²) >= 11 is 0. The van der Waals surface area contributed by atoms with Crippen molar-refractivity contribution in [1.29, 1.82) is 0 Å². The van der Waals surface area contributed by atoms with Gasteiger partial charge in [-0.2, -0.15) is 0 Å². The maximum absolute atomic E-state index is 10.3. The minimum absolute atomic E-state index is 0.0629. The zero-order chi connectivity index (χ0) is 13.3. The fourth-order valence-electron chi connectivity index (χ4n) is 2.13. The van der Waals surface area contributed by atoms with Gasteiger partial charge in [0.15, 0.2) is 6.10 Å². The average molecular weight is 261 g/mol. The summed E-state index contributed by atoms with van der Waals surface area (Å²) in [4.78, 5) is 14.9. The number of ether oxygens (including phenoxy) is 3. The summed E-state index contributed by atoms with van der Waals surface area (Å²) in [5, 5.41) is 9.52. The van der Waals surface area contributed by atoms with Crippen molar-refractivity contribution >= 4 is 0 Å². The van der Waals surface area contributed by atoms with Crippen molar-refractivity contribution in [2.75, 3.05) is 19.8 Å². The van der Waals surface area contributed by atoms with Crippen molar-refractivity contribution in [3.05, 3.63) is 10.1 Å². The fraction of sp³-hybridized carbons (Fsp3) is 1.00. The zero-order valence-electron chi connectivity index (χ0n) is 10.8. The predicted octanol–water partition coefficient (Wildman–Crippen LogP) is 0.792. The van der Waals surface area contributed by atoms with Crippen LogP contribution in [0, 0.1) is 15.5 Å². The van der Waals surface area contributed by atoms with Crippen molar-refractivity contribution in [2.45, 2.75) is 45.2 Å². The summed E-state index contributed by atoms with van der Waals surface area (Å²) in [7, 11) is 0. The zero-order valence-corrected chi connectivity index (χ0v) is 10.8. The normalized spacial score (nSPS) is 35.5. The largest absolute Gasteiger partial charge is 0.372 e. The van der Waals surface area contributed by atoms with Crippen LogP contribution in [0.2, 0.25) is 0 Å². The van der Waals surface area contributed by atoms with E-state index in [1.54, 1.807) is 0 Å². The topological polar surface area (TPSA) is 80.1 Å². The molecule has 0 radical (unpaired) electrons. The molecule has 4 atom stereocenters. The van der Waals surface area contributed by atoms with Crippen LogP contribution in [0.15, 0.2) is 0 Å². The quantitative estimate of drug-likeness (QED) is 0.550. The van der Waals surface area contributed by atoms with E-state index in [1.165, 1.54) is 0 Å². The first-order valence-corrected chi connectivity index (χ1v) is 6.03. The third kappa shape index (κ3) is 3.09. The first-order valence-electron chi connectivity index (χ1n) is 6.03. The summed E-state index contributed by atoms with van der Waals surface area (Å²) < 4.78 is 16.7. The van der Waals surface area contributed by atoms with E-state index in [0.29, 0.717) is 13.2 Å². The molecule has 2 heterocycles. The Morgan fingerprint density at radius 3 is 2.33 bits per heavy atom. The average Bonchev–Trinajstić information content (AvgIpc) is 2.77. The van der Waals surface area contributed by atoms with Gasteiger partial charge < -0.3 is 19.0 Å². The van der Waals surface area contributed by atoms with E-state index in [2.05, 4.69) is 25.6 Å². The molecular formula is C11H19NO6. The number of hydrogen-bond acceptors (Lipinski definition) is 6. The van der Waals surface area contributed by atoms with Gasteiger partial charge >= 0.3 is 0 Å². The van der Waals surface area contributed by atoms with Gasteiger partial charge in [0.1, 0.15) is 18.3 Å². The van der Waals surface area contributed by atoms with E-state index >= 15 is 0 Å². The standard InChI is InChI=1S/C11H19NO6/c1-11(2,3)6-17-7-4-15-10-8(18-12(13)14)5-16-9(7)10/h7-10H,4-6H2,1-3H3/t7-,8+,9+,10+/m0/s1. The summed E-state index contributed by atoms with van der Waals surface area (Å²) in [6.07, 6.45) is -1.49. The highest BCUT2D eigenvalue weighted by atomic mass is 17.0. The summed E-state index contributed by atoms with van der Waals surface area (Å²) in [5.41, 5.74) is 0.0629. The van der Waals surface area contributed by atoms with Gasteiger partial charge in [0.05, 0.1) is 19.8 Å². The monoisotopic (exact) mass is 261 g/mol. The van der Waals surface area contributed by atoms with Crippen LogP contribution in [0.3, 0.4) is 0 Å². The Morgan fingerprint density at radius 1 is 1.22 bits per heavy atom. The molecule has 7 nitrogen and oxygen atoms in total. The Hall–Kier alpha value is -0.920. The van der Waals surface area contributed by atoms with Gasteiger partial charge in [-0.1, -0.05) is 20.8 Å². The molecule has 0 aromatic rings. The van der Waals surface area contributed by atoms with E-state index in [1.807, 2.05) is 0 Å². The van der Waals surface area contributed by atoms with Gasteiger partial charge in [-0.25, -0.2) is 0 Å². The molecule has 2 aliphatic heterocycles. The first kappa shape index (κ1) is 13.5. The second-order valence-corrected chi connectivity index (χ2v) is 5.87. The highest BCUT2D eigenvalue weighted by Crippen LogP contribution is 2.31. The van der Waals surface area contributed by atoms with E-state index in [4.69, 9.17) is 14.2 Å². The minimum atomic E-state index is -0.802. The van der Waals surface area contributed by atoms with Crippen LogP contribution in [0.5, 0.6) is 0 Å². The molecule has 0 aromatic heterocycles. The molecule has 18 heavy (non-hydrogen) atoms. The lowest BCUT2D eigenvalue weighted by Crippen LogP contribution is -2.36. The van der Waals surface area contributed by atoms with E-state index in [9.17, 15) is 10.1 Å². The SMILES string of the molecule is CC(C)(C)CO[C@H]1CO[C@H]2[C@@H]1OC[C@H]2O[N+](=O)[O-]. The summed E-state index contributed by atoms with van der Waals surface area (Å²) in [6, 6.07) is 0. The first-order chi connectivity index (χ1) is 8.37. The Bertz CT molecular complexity index is 315. The van der Waals surface area contributed by atoms with Crippen LogP contribution < -0.4 is 0 Å². The predicted molar refractivity (Wildman–Crippen MR) is 60.5 cm³/mol. The molecule has 2 rings (SSSR count). The third-order valence-corrected chi connectivity index (χ3v) is 2.91. The van der Waals surface area contributed by atoms with Gasteiger partial charge in [0.2, 0.25) is 0 Å². The van der Waals surface area contributed by atoms with Crippen molar-refractivity contribution in [1.82, 2.24) is 0 Å². The summed E-state index contributed by atoms with van der Waals surface area (Å²) in [5.74, 6) is 0. The Balaban J connectivity index is 1.86. The van der Waals surface area contributed by atoms with Crippen LogP contribution >= 0.6 is 0 Å². The highest BCUT2D eigenvalue weighted by molar-refractivity contribution is 4.95. The van der Waals surface area contributed by atoms with Gasteiger partial charge in [0.25, 0.3) is 5.09 Å². The van der Waals surface area contributed by atoms with Gasteiger partial charge in [0, 0.05) is 0 Å². The van der Waals surface area contributed by atoms with E-state index in [-0.39, 0.29) is 24.2 Å². The number of hydrogen-bond donors (Lipinski definition) is 0. The van der Waals surface area contributed by atoms with E-state index < -0.39 is 17.3 Å². The molecule has 0 spiro atoms. The molecule has 7 heteroatoms. The molecule has 2 saturated heterocycles. The maximum atomic E-state index is 10.3. The van der Waals surface area contributed by atoms with Crippen LogP contribution in [0.1, 0.15) is 20.8 Å². The summed E-state index contributed by atoms with van der Waals surface area (Å²) in [6.45, 7) is 7.39. The van der Waals surface area contributed by atoms with Crippen LogP contribution in [-0.4, -0.2) is 49.3 Å². The lowest BCUT2D eigenvalue weighted by molar-refractivity contribution is -0.769. The van der Waals surface area contributed by atoms with Crippen LogP contribution in [0.25, 0.3) is 0 Å². The smallest absolute Gasteiger partial charge is 0.294 e. The van der Waals surface area contributed by atoms with Crippen molar-refractivity contribution in [3.63, 3.8) is 0 Å². The molecule has 104 valence electrons. The van der Waals surface area contributed by atoms with Gasteiger partial charge in [-0.3, -0.25) is 0 Å². The molecule has 0 aromatic carbocycles. The third-order valence-electron chi connectivity index (χ3n) is 2.91. The lowest BCUT2D eigenvalue weighted by Gasteiger charge is -2.23. The second kappa shape index (κ2) is 4.99. The molecule has 0 aliphatic carbocycles. The van der Waals surface area contributed by atoms with Crippen molar-refractivity contribution in [3.8, 4) is 0 Å². The van der Waals surface area contributed by atoms with Crippen molar-refractivity contribution in [2.24, 2.45) is 5.41 Å². The van der Waals surface area contributed by atoms with Gasteiger partial charge in [-0.05, 0) is 5.41 Å². The molecule has 0 bridgehead atoms. The molecular weight excluding hydrogens is 242 g/mol. The van der Waals surface area contributed by atoms with Gasteiger partial charge in [-0.15, -0.1) is 10.1 Å². The molecule has 0 saturated carbocycles. The Kier molecular flexibility index (Phi) is 3.74. The number of nitrogens with zero attached hydrogens (tertiary/aromatic N) is 1. The lowest BCUT2D eigenvalue weighted by atomic mass is 9.98. The fourth-order valence-corrected chi connectivity index (χ4v) is 2.13. The van der Waals surface area contributed by atoms with Crippen LogP contribution in [0.4, 0.5) is 0 Å². The maximum Gasteiger partial charge on any atom is 0.294 e. The molecule has 0 N–H and O–H groups in total. The number of fused-ring (bicyclic) bond motifs is 1. The van der Waals surface area contributed by atoms with Crippen LogP contribution in [-0.2, 0) is 19.0 Å². The molecule has 0 unspecified atom stereocenters. The Labute approximate surface area is 105 Å². The highest BCUT2D eigenvalue weighted by Gasteiger charge is 2.50.